The van der Waals surface area contributed by atoms with Gasteiger partial charge in [-0.05, 0) is 123 Å². The van der Waals surface area contributed by atoms with Crippen molar-refractivity contribution in [3.63, 3.8) is 0 Å². The van der Waals surface area contributed by atoms with Crippen molar-refractivity contribution < 1.29 is 0 Å². The zero-order valence-electron chi connectivity index (χ0n) is 28.9. The van der Waals surface area contributed by atoms with Gasteiger partial charge in [-0.2, -0.15) is 0 Å². The topological polar surface area (TPSA) is 0 Å². The second-order valence-electron chi connectivity index (χ2n) is 14.5. The summed E-state index contributed by atoms with van der Waals surface area (Å²) in [6.07, 6.45) is 4.39. The Kier molecular flexibility index (Phi) is 7.18. The smallest absolute Gasteiger partial charge is 0.00232 e. The Balaban J connectivity index is 1.11. The molecule has 2 heteroatoms. The molecule has 2 aliphatic rings. The van der Waals surface area contributed by atoms with E-state index in [1.165, 1.54) is 87.6 Å². The molecule has 0 unspecified atom stereocenters. The molecule has 0 nitrogen and oxygen atoms in total. The summed E-state index contributed by atoms with van der Waals surface area (Å²) in [6.45, 7) is 0. The maximum absolute atomic E-state index is 2.50. The third-order valence-corrected chi connectivity index (χ3v) is 16.8. The molecule has 0 saturated heterocycles. The highest BCUT2D eigenvalue weighted by Crippen LogP contribution is 2.56. The Hall–Kier alpha value is -5.12. The molecule has 0 atom stereocenters. The highest BCUT2D eigenvalue weighted by molar-refractivity contribution is 7.70. The summed E-state index contributed by atoms with van der Waals surface area (Å²) in [5.41, 5.74) is 11.8. The van der Waals surface area contributed by atoms with Crippen LogP contribution in [0.2, 0.25) is 0 Å². The highest BCUT2D eigenvalue weighted by Gasteiger charge is 2.30. The molecule has 9 aromatic carbocycles. The van der Waals surface area contributed by atoms with Gasteiger partial charge in [-0.1, -0.05) is 186 Å². The lowest BCUT2D eigenvalue weighted by Crippen LogP contribution is -2.23. The fourth-order valence-electron chi connectivity index (χ4n) is 9.25. The molecule has 52 heavy (non-hydrogen) atoms. The van der Waals surface area contributed by atoms with Gasteiger partial charge < -0.3 is 0 Å². The first-order chi connectivity index (χ1) is 25.8. The van der Waals surface area contributed by atoms with Gasteiger partial charge in [-0.15, -0.1) is 0 Å². The Bertz CT molecular complexity index is 2510. The van der Waals surface area contributed by atoms with Crippen LogP contribution in [0.15, 0.2) is 170 Å². The fraction of sp³-hybridized carbons (Fsp3) is 0.0800. The molecule has 246 valence electrons. The van der Waals surface area contributed by atoms with Gasteiger partial charge in [0.1, 0.15) is 0 Å². The van der Waals surface area contributed by atoms with Crippen LogP contribution < -0.4 is 10.6 Å². The van der Waals surface area contributed by atoms with E-state index in [1.54, 1.807) is 10.6 Å². The van der Waals surface area contributed by atoms with Gasteiger partial charge in [-0.3, -0.25) is 0 Å². The average Bonchev–Trinajstić information content (AvgIpc) is 3.49. The Morgan fingerprint density at radius 2 is 0.500 bits per heavy atom. The number of hydrogen-bond donors (Lipinski definition) is 0. The molecule has 0 fully saturated rings. The van der Waals surface area contributed by atoms with Gasteiger partial charge >= 0.3 is 0 Å². The van der Waals surface area contributed by atoms with E-state index < -0.39 is 15.8 Å². The summed E-state index contributed by atoms with van der Waals surface area (Å²) in [7, 11) is -1.01. The van der Waals surface area contributed by atoms with Gasteiger partial charge in [0.05, 0.1) is 0 Å². The van der Waals surface area contributed by atoms with E-state index in [4.69, 9.17) is 0 Å². The van der Waals surface area contributed by atoms with E-state index in [9.17, 15) is 0 Å². The Morgan fingerprint density at radius 3 is 0.788 bits per heavy atom. The number of rotatable bonds is 2. The summed E-state index contributed by atoms with van der Waals surface area (Å²) in [5.74, 6) is 0. The van der Waals surface area contributed by atoms with Crippen molar-refractivity contribution in [2.75, 3.05) is 0 Å². The summed E-state index contributed by atoms with van der Waals surface area (Å²) in [5, 5.41) is 14.0. The lowest BCUT2D eigenvalue weighted by Gasteiger charge is -2.26. The third-order valence-electron chi connectivity index (χ3n) is 11.6. The largest absolute Gasteiger partial charge is 0.0656 e. The summed E-state index contributed by atoms with van der Waals surface area (Å²) in [6, 6.07) is 64.9. The Morgan fingerprint density at radius 1 is 0.250 bits per heavy atom. The van der Waals surface area contributed by atoms with Gasteiger partial charge in [0, 0.05) is 0 Å². The molecule has 2 aliphatic heterocycles. The van der Waals surface area contributed by atoms with E-state index in [1.807, 2.05) is 0 Å². The van der Waals surface area contributed by atoms with E-state index in [0.717, 1.165) is 24.6 Å². The minimum atomic E-state index is -0.507. The van der Waals surface area contributed by atoms with Crippen LogP contribution >= 0.6 is 15.8 Å². The minimum Gasteiger partial charge on any atom is -0.0656 e. The predicted molar refractivity (Wildman–Crippen MR) is 228 cm³/mol. The molecule has 11 rings (SSSR count). The van der Waals surface area contributed by atoms with Crippen molar-refractivity contribution in [3.05, 3.63) is 192 Å². The summed E-state index contributed by atoms with van der Waals surface area (Å²) >= 11 is 0. The number of fused-ring (bicyclic) bond motifs is 14. The molecule has 0 amide bonds. The van der Waals surface area contributed by atoms with Crippen LogP contribution in [0.3, 0.4) is 0 Å². The second-order valence-corrected chi connectivity index (χ2v) is 18.9. The van der Waals surface area contributed by atoms with Crippen LogP contribution in [0.4, 0.5) is 0 Å². The Labute approximate surface area is 307 Å². The zero-order chi connectivity index (χ0) is 34.2. The minimum absolute atomic E-state index is 0.507. The molecule has 0 N–H and O–H groups in total. The molecular weight excluding hydrogens is 662 g/mol. The van der Waals surface area contributed by atoms with Crippen molar-refractivity contribution in [3.8, 4) is 22.3 Å². The van der Waals surface area contributed by atoms with Crippen LogP contribution in [0, 0.1) is 0 Å². The van der Waals surface area contributed by atoms with Crippen molar-refractivity contribution in [2.45, 2.75) is 24.6 Å². The van der Waals surface area contributed by atoms with Crippen LogP contribution in [-0.4, -0.2) is 0 Å². The van der Waals surface area contributed by atoms with Gasteiger partial charge in [-0.25, -0.2) is 0 Å². The molecular formula is C50H36P2. The van der Waals surface area contributed by atoms with Crippen molar-refractivity contribution in [1.29, 1.82) is 0 Å². The highest BCUT2D eigenvalue weighted by atomic mass is 31.1. The van der Waals surface area contributed by atoms with E-state index in [2.05, 4.69) is 170 Å². The average molecular weight is 699 g/mol. The molecule has 9 aromatic rings. The van der Waals surface area contributed by atoms with Gasteiger partial charge in [0.25, 0.3) is 0 Å². The molecule has 0 radical (unpaired) electrons. The van der Waals surface area contributed by atoms with E-state index in [0.29, 0.717) is 0 Å². The maximum Gasteiger partial charge on any atom is -0.00232 e. The van der Waals surface area contributed by atoms with Gasteiger partial charge in [0.15, 0.2) is 0 Å². The molecule has 2 heterocycles. The normalized spacial score (nSPS) is 14.5. The van der Waals surface area contributed by atoms with Crippen molar-refractivity contribution >= 4 is 69.5 Å². The monoisotopic (exact) mass is 698 g/mol. The molecule has 0 saturated carbocycles. The molecule has 0 spiro atoms. The summed E-state index contributed by atoms with van der Waals surface area (Å²) < 4.78 is 0. The number of hydrogen-bond acceptors (Lipinski definition) is 0. The first kappa shape index (κ1) is 30.5. The zero-order valence-corrected chi connectivity index (χ0v) is 30.7. The van der Waals surface area contributed by atoms with E-state index in [-0.39, 0.29) is 0 Å². The number of benzene rings is 9. The molecule has 0 bridgehead atoms. The van der Waals surface area contributed by atoms with Crippen LogP contribution in [0.5, 0.6) is 0 Å². The summed E-state index contributed by atoms with van der Waals surface area (Å²) in [4.78, 5) is 0. The standard InChI is InChI=1S/C50H36P2/c1-5-15-41-33(11-1)21-25-37-29-51(30-38-26-22-34-12-2-6-16-42(34)48(38)47(37)41)45-19-9-10-20-46(45)52-31-39-27-23-35-13-3-7-17-43(35)49(39)50-40(32-52)28-24-36-14-4-8-18-44(36)50/h1-28H,29-32H2. The quantitative estimate of drug-likeness (QED) is 0.158. The fourth-order valence-corrected chi connectivity index (χ4v) is 15.1. The SMILES string of the molecule is c1ccc(P2Cc3ccc4ccccc4c3-c3c(ccc4ccccc34)C2)c(P2Cc3ccc4ccccc4c3-c3c(ccc4ccccc34)C2)c1. The first-order valence-corrected chi connectivity index (χ1v) is 21.8. The van der Waals surface area contributed by atoms with Gasteiger partial charge in [0.2, 0.25) is 0 Å². The predicted octanol–water partition coefficient (Wildman–Crippen LogP) is 13.3. The third kappa shape index (κ3) is 4.82. The van der Waals surface area contributed by atoms with Crippen molar-refractivity contribution in [1.82, 2.24) is 0 Å². The molecule has 0 aliphatic carbocycles. The van der Waals surface area contributed by atoms with E-state index >= 15 is 0 Å². The van der Waals surface area contributed by atoms with Crippen LogP contribution in [0.25, 0.3) is 65.3 Å². The van der Waals surface area contributed by atoms with Crippen molar-refractivity contribution in [2.24, 2.45) is 0 Å². The lowest BCUT2D eigenvalue weighted by atomic mass is 9.88. The van der Waals surface area contributed by atoms with Crippen LogP contribution in [0.1, 0.15) is 22.3 Å². The van der Waals surface area contributed by atoms with Crippen LogP contribution in [-0.2, 0) is 24.6 Å². The molecule has 0 aromatic heterocycles. The second kappa shape index (κ2) is 12.2. The maximum atomic E-state index is 2.50. The lowest BCUT2D eigenvalue weighted by molar-refractivity contribution is 1.39. The first-order valence-electron chi connectivity index (χ1n) is 18.4.